The number of hydrogen-bond donors (Lipinski definition) is 3. The molecule has 104 valence electrons. The van der Waals surface area contributed by atoms with Crippen molar-refractivity contribution in [3.05, 3.63) is 0 Å². The first-order chi connectivity index (χ1) is 8.74. The standard InChI is InChI=1S/C13H24N2O3/c16-12-3-1-10(2-4-12)8-15-13(17)7-11-9-18-6-5-14-11/h10-12,14,16H,1-9H2,(H,15,17). The fourth-order valence-electron chi connectivity index (χ4n) is 2.65. The maximum Gasteiger partial charge on any atom is 0.221 e. The van der Waals surface area contributed by atoms with E-state index in [0.717, 1.165) is 45.4 Å². The molecule has 1 aliphatic heterocycles. The lowest BCUT2D eigenvalue weighted by Crippen LogP contribution is -2.44. The molecule has 0 aromatic carbocycles. The van der Waals surface area contributed by atoms with Crippen molar-refractivity contribution in [3.8, 4) is 0 Å². The number of rotatable bonds is 4. The highest BCUT2D eigenvalue weighted by atomic mass is 16.5. The van der Waals surface area contributed by atoms with Crippen molar-refractivity contribution in [1.29, 1.82) is 0 Å². The predicted molar refractivity (Wildman–Crippen MR) is 68.2 cm³/mol. The number of amides is 1. The molecule has 3 N–H and O–H groups in total. The molecule has 0 aromatic rings. The molecule has 1 saturated heterocycles. The Morgan fingerprint density at radius 2 is 2.11 bits per heavy atom. The Morgan fingerprint density at radius 1 is 1.33 bits per heavy atom. The maximum atomic E-state index is 11.8. The summed E-state index contributed by atoms with van der Waals surface area (Å²) < 4.78 is 5.32. The molecule has 1 aliphatic carbocycles. The molecule has 1 atom stereocenters. The Kier molecular flexibility index (Phi) is 5.41. The van der Waals surface area contributed by atoms with Crippen molar-refractivity contribution in [2.24, 2.45) is 5.92 Å². The normalized spacial score (nSPS) is 33.1. The molecule has 0 bridgehead atoms. The molecule has 1 amide bonds. The summed E-state index contributed by atoms with van der Waals surface area (Å²) in [7, 11) is 0. The summed E-state index contributed by atoms with van der Waals surface area (Å²) in [5.74, 6) is 0.636. The van der Waals surface area contributed by atoms with Crippen molar-refractivity contribution in [1.82, 2.24) is 10.6 Å². The lowest BCUT2D eigenvalue weighted by Gasteiger charge is -2.26. The quantitative estimate of drug-likeness (QED) is 0.664. The molecule has 1 unspecified atom stereocenters. The van der Waals surface area contributed by atoms with E-state index in [9.17, 15) is 9.90 Å². The topological polar surface area (TPSA) is 70.6 Å². The highest BCUT2D eigenvalue weighted by molar-refractivity contribution is 5.76. The summed E-state index contributed by atoms with van der Waals surface area (Å²) >= 11 is 0. The fourth-order valence-corrected chi connectivity index (χ4v) is 2.65. The average molecular weight is 256 g/mol. The highest BCUT2D eigenvalue weighted by Gasteiger charge is 2.21. The van der Waals surface area contributed by atoms with E-state index in [1.807, 2.05) is 0 Å². The molecule has 1 heterocycles. The van der Waals surface area contributed by atoms with E-state index in [4.69, 9.17) is 4.74 Å². The van der Waals surface area contributed by atoms with Crippen LogP contribution < -0.4 is 10.6 Å². The molecule has 5 nitrogen and oxygen atoms in total. The molecule has 1 saturated carbocycles. The zero-order valence-electron chi connectivity index (χ0n) is 10.9. The van der Waals surface area contributed by atoms with Crippen molar-refractivity contribution in [2.75, 3.05) is 26.3 Å². The van der Waals surface area contributed by atoms with Crippen molar-refractivity contribution >= 4 is 5.91 Å². The minimum absolute atomic E-state index is 0.101. The Balaban J connectivity index is 1.59. The van der Waals surface area contributed by atoms with Crippen LogP contribution in [0, 0.1) is 5.92 Å². The number of hydrogen-bond acceptors (Lipinski definition) is 4. The molecule has 0 aromatic heterocycles. The fraction of sp³-hybridized carbons (Fsp3) is 0.923. The molecule has 2 aliphatic rings. The Hall–Kier alpha value is -0.650. The molecular formula is C13H24N2O3. The van der Waals surface area contributed by atoms with Crippen molar-refractivity contribution in [2.45, 2.75) is 44.2 Å². The SMILES string of the molecule is O=C(CC1COCCN1)NCC1CCC(O)CC1. The van der Waals surface area contributed by atoms with Gasteiger partial charge in [0.1, 0.15) is 0 Å². The third kappa shape index (κ3) is 4.55. The lowest BCUT2D eigenvalue weighted by molar-refractivity contribution is -0.122. The van der Waals surface area contributed by atoms with E-state index in [-0.39, 0.29) is 18.1 Å². The van der Waals surface area contributed by atoms with Crippen LogP contribution in [0.4, 0.5) is 0 Å². The van der Waals surface area contributed by atoms with Gasteiger partial charge < -0.3 is 20.5 Å². The summed E-state index contributed by atoms with van der Waals surface area (Å²) in [6, 6.07) is 0.159. The first kappa shape index (κ1) is 13.8. The summed E-state index contributed by atoms with van der Waals surface area (Å²) in [4.78, 5) is 11.8. The van der Waals surface area contributed by atoms with E-state index in [2.05, 4.69) is 10.6 Å². The number of nitrogens with one attached hydrogen (secondary N) is 2. The van der Waals surface area contributed by atoms with Crippen LogP contribution in [0.25, 0.3) is 0 Å². The zero-order valence-corrected chi connectivity index (χ0v) is 10.9. The van der Waals surface area contributed by atoms with Crippen molar-refractivity contribution < 1.29 is 14.6 Å². The van der Waals surface area contributed by atoms with Gasteiger partial charge in [0, 0.05) is 25.6 Å². The van der Waals surface area contributed by atoms with Gasteiger partial charge >= 0.3 is 0 Å². The van der Waals surface area contributed by atoms with E-state index in [0.29, 0.717) is 18.9 Å². The Labute approximate surface area is 108 Å². The lowest BCUT2D eigenvalue weighted by atomic mass is 9.87. The molecule has 18 heavy (non-hydrogen) atoms. The van der Waals surface area contributed by atoms with Crippen LogP contribution in [-0.4, -0.2) is 49.5 Å². The van der Waals surface area contributed by atoms with Gasteiger partial charge in [-0.15, -0.1) is 0 Å². The van der Waals surface area contributed by atoms with E-state index in [1.54, 1.807) is 0 Å². The van der Waals surface area contributed by atoms with Gasteiger partial charge in [0.2, 0.25) is 5.91 Å². The number of carbonyl (C=O) groups excluding carboxylic acids is 1. The minimum Gasteiger partial charge on any atom is -0.393 e. The van der Waals surface area contributed by atoms with Gasteiger partial charge in [-0.2, -0.15) is 0 Å². The first-order valence-corrected chi connectivity index (χ1v) is 7.00. The second-order valence-electron chi connectivity index (χ2n) is 5.41. The number of aliphatic hydroxyl groups excluding tert-OH is 1. The third-order valence-electron chi connectivity index (χ3n) is 3.83. The van der Waals surface area contributed by atoms with Crippen LogP contribution in [0.15, 0.2) is 0 Å². The van der Waals surface area contributed by atoms with Gasteiger partial charge in [0.05, 0.1) is 19.3 Å². The second-order valence-corrected chi connectivity index (χ2v) is 5.41. The average Bonchev–Trinajstić information content (AvgIpc) is 2.39. The highest BCUT2D eigenvalue weighted by Crippen LogP contribution is 2.23. The third-order valence-corrected chi connectivity index (χ3v) is 3.83. The van der Waals surface area contributed by atoms with E-state index < -0.39 is 0 Å². The number of carbonyl (C=O) groups is 1. The summed E-state index contributed by atoms with van der Waals surface area (Å²) in [5, 5.41) is 15.7. The van der Waals surface area contributed by atoms with Crippen LogP contribution in [0.3, 0.4) is 0 Å². The molecule has 0 spiro atoms. The summed E-state index contributed by atoms with van der Waals surface area (Å²) in [6.45, 7) is 2.95. The monoisotopic (exact) mass is 256 g/mol. The Bertz CT molecular complexity index is 259. The van der Waals surface area contributed by atoms with Crippen LogP contribution in [0.2, 0.25) is 0 Å². The molecule has 0 radical (unpaired) electrons. The Morgan fingerprint density at radius 3 is 2.78 bits per heavy atom. The molecule has 2 rings (SSSR count). The van der Waals surface area contributed by atoms with Crippen LogP contribution >= 0.6 is 0 Å². The zero-order chi connectivity index (χ0) is 12.8. The van der Waals surface area contributed by atoms with Gasteiger partial charge in [-0.3, -0.25) is 4.79 Å². The summed E-state index contributed by atoms with van der Waals surface area (Å²) in [6.07, 6.45) is 4.16. The molecule has 2 fully saturated rings. The van der Waals surface area contributed by atoms with Gasteiger partial charge in [-0.05, 0) is 31.6 Å². The van der Waals surface area contributed by atoms with Gasteiger partial charge in [-0.1, -0.05) is 0 Å². The van der Waals surface area contributed by atoms with E-state index >= 15 is 0 Å². The molecular weight excluding hydrogens is 232 g/mol. The molecule has 5 heteroatoms. The summed E-state index contributed by atoms with van der Waals surface area (Å²) in [5.41, 5.74) is 0. The smallest absolute Gasteiger partial charge is 0.221 e. The first-order valence-electron chi connectivity index (χ1n) is 7.00. The number of ether oxygens (including phenoxy) is 1. The predicted octanol–water partition coefficient (Wildman–Crippen LogP) is 0.0322. The van der Waals surface area contributed by atoms with Crippen molar-refractivity contribution in [3.63, 3.8) is 0 Å². The van der Waals surface area contributed by atoms with E-state index in [1.165, 1.54) is 0 Å². The van der Waals surface area contributed by atoms with Gasteiger partial charge in [0.25, 0.3) is 0 Å². The number of aliphatic hydroxyl groups is 1. The number of morpholine rings is 1. The van der Waals surface area contributed by atoms with Crippen LogP contribution in [0.1, 0.15) is 32.1 Å². The maximum absolute atomic E-state index is 11.8. The van der Waals surface area contributed by atoms with Gasteiger partial charge in [-0.25, -0.2) is 0 Å². The second kappa shape index (κ2) is 7.07. The van der Waals surface area contributed by atoms with Crippen LogP contribution in [-0.2, 0) is 9.53 Å². The largest absolute Gasteiger partial charge is 0.393 e. The minimum atomic E-state index is -0.125. The van der Waals surface area contributed by atoms with Crippen LogP contribution in [0.5, 0.6) is 0 Å². The van der Waals surface area contributed by atoms with Gasteiger partial charge in [0.15, 0.2) is 0 Å².